The first-order valence-electron chi connectivity index (χ1n) is 6.72. The Hall–Kier alpha value is -2.29. The molecule has 2 fully saturated rings. The van der Waals surface area contributed by atoms with Crippen LogP contribution in [0, 0.1) is 0 Å². The molecule has 2 atom stereocenters. The van der Waals surface area contributed by atoms with Gasteiger partial charge in [0.2, 0.25) is 0 Å². The Morgan fingerprint density at radius 3 is 2.57 bits per heavy atom. The van der Waals surface area contributed by atoms with Gasteiger partial charge in [0.25, 0.3) is 5.91 Å². The molecule has 0 aromatic carbocycles. The summed E-state index contributed by atoms with van der Waals surface area (Å²) in [5, 5.41) is 7.69. The van der Waals surface area contributed by atoms with Gasteiger partial charge in [-0.25, -0.2) is 17.6 Å². The van der Waals surface area contributed by atoms with Crippen LogP contribution < -0.4 is 0 Å². The van der Waals surface area contributed by atoms with E-state index in [9.17, 15) is 27.5 Å². The van der Waals surface area contributed by atoms with E-state index in [4.69, 9.17) is 0 Å². The third-order valence-corrected chi connectivity index (χ3v) is 7.03. The first-order valence-corrected chi connectivity index (χ1v) is 8.27. The summed E-state index contributed by atoms with van der Waals surface area (Å²) in [5.41, 5.74) is -0.720. The molecule has 2 aliphatic heterocycles. The molecule has 1 aromatic rings. The van der Waals surface area contributed by atoms with Crippen molar-refractivity contribution in [2.24, 2.45) is 0 Å². The van der Waals surface area contributed by atoms with E-state index in [1.54, 1.807) is 6.07 Å². The van der Waals surface area contributed by atoms with Crippen molar-refractivity contribution >= 4 is 27.5 Å². The number of hydrogen-bond donors (Lipinski definition) is 1. The maximum Gasteiger partial charge on any atom is 0.328 e. The second-order valence-corrected chi connectivity index (χ2v) is 8.49. The van der Waals surface area contributed by atoms with Gasteiger partial charge in [-0.3, -0.25) is 9.78 Å². The highest BCUT2D eigenvalue weighted by Crippen LogP contribution is 2.50. The molecule has 0 aliphatic carbocycles. The largest absolute Gasteiger partial charge is 0.480 e. The SMILES string of the molecule is CC1(C)[C@H](C(=O)O)N2C(=O)/C(=C(\F)c3ccccn3)[C@H]2S1(=O)=O. The predicted octanol–water partition coefficient (Wildman–Crippen LogP) is 0.591. The van der Waals surface area contributed by atoms with Crippen molar-refractivity contribution in [2.45, 2.75) is 30.0 Å². The lowest BCUT2D eigenvalue weighted by Gasteiger charge is -2.37. The number of halogens is 1. The molecule has 3 heterocycles. The first kappa shape index (κ1) is 15.6. The van der Waals surface area contributed by atoms with Gasteiger partial charge in [0.1, 0.15) is 4.75 Å². The van der Waals surface area contributed by atoms with Crippen LogP contribution in [-0.2, 0) is 19.4 Å². The number of fused-ring (bicyclic) bond motifs is 1. The molecule has 122 valence electrons. The van der Waals surface area contributed by atoms with Gasteiger partial charge in [0.05, 0.1) is 11.3 Å². The minimum Gasteiger partial charge on any atom is -0.480 e. The number of carboxylic acids is 1. The Kier molecular flexibility index (Phi) is 3.12. The van der Waals surface area contributed by atoms with Gasteiger partial charge in [-0.15, -0.1) is 0 Å². The molecule has 23 heavy (non-hydrogen) atoms. The lowest BCUT2D eigenvalue weighted by Crippen LogP contribution is -2.59. The smallest absolute Gasteiger partial charge is 0.328 e. The highest BCUT2D eigenvalue weighted by Gasteiger charge is 2.71. The van der Waals surface area contributed by atoms with Crippen molar-refractivity contribution < 1.29 is 27.5 Å². The van der Waals surface area contributed by atoms with Crippen molar-refractivity contribution in [1.29, 1.82) is 0 Å². The van der Waals surface area contributed by atoms with Crippen LogP contribution in [0.15, 0.2) is 30.0 Å². The molecule has 1 N–H and O–H groups in total. The fraction of sp³-hybridized carbons (Fsp3) is 0.357. The van der Waals surface area contributed by atoms with Gasteiger partial charge >= 0.3 is 5.97 Å². The molecule has 0 saturated carbocycles. The number of pyridine rings is 1. The zero-order valence-electron chi connectivity index (χ0n) is 12.2. The van der Waals surface area contributed by atoms with Gasteiger partial charge in [-0.05, 0) is 26.0 Å². The number of nitrogens with zero attached hydrogens (tertiary/aromatic N) is 2. The Morgan fingerprint density at radius 1 is 1.39 bits per heavy atom. The quantitative estimate of drug-likeness (QED) is 0.624. The van der Waals surface area contributed by atoms with E-state index in [-0.39, 0.29) is 5.69 Å². The number of amides is 1. The average molecular weight is 340 g/mol. The number of sulfone groups is 1. The van der Waals surface area contributed by atoms with E-state index in [0.29, 0.717) is 0 Å². The lowest BCUT2D eigenvalue weighted by molar-refractivity contribution is -0.152. The fourth-order valence-corrected chi connectivity index (χ4v) is 5.14. The first-order chi connectivity index (χ1) is 10.6. The predicted molar refractivity (Wildman–Crippen MR) is 77.3 cm³/mol. The number of carbonyl (C=O) groups excluding carboxylic acids is 1. The van der Waals surface area contributed by atoms with Gasteiger partial charge in [0, 0.05) is 6.20 Å². The van der Waals surface area contributed by atoms with Crippen LogP contribution in [0.25, 0.3) is 5.83 Å². The monoisotopic (exact) mass is 340 g/mol. The van der Waals surface area contributed by atoms with Gasteiger partial charge in [-0.1, -0.05) is 6.07 Å². The summed E-state index contributed by atoms with van der Waals surface area (Å²) >= 11 is 0. The van der Waals surface area contributed by atoms with Crippen LogP contribution in [0.1, 0.15) is 19.5 Å². The topological polar surface area (TPSA) is 105 Å². The zero-order valence-corrected chi connectivity index (χ0v) is 13.0. The van der Waals surface area contributed by atoms with Gasteiger partial charge in [-0.2, -0.15) is 0 Å². The summed E-state index contributed by atoms with van der Waals surface area (Å²) in [5.74, 6) is -3.41. The van der Waals surface area contributed by atoms with Crippen molar-refractivity contribution in [3.8, 4) is 0 Å². The summed E-state index contributed by atoms with van der Waals surface area (Å²) < 4.78 is 38.0. The second-order valence-electron chi connectivity index (χ2n) is 5.90. The van der Waals surface area contributed by atoms with Crippen molar-refractivity contribution in [3.63, 3.8) is 0 Å². The molecule has 0 radical (unpaired) electrons. The van der Waals surface area contributed by atoms with Crippen LogP contribution in [0.5, 0.6) is 0 Å². The molecule has 2 saturated heterocycles. The summed E-state index contributed by atoms with van der Waals surface area (Å²) in [6.07, 6.45) is 1.31. The molecular formula is C14H13FN2O5S. The molecule has 7 nitrogen and oxygen atoms in total. The Labute approximate surface area is 131 Å². The minimum atomic E-state index is -4.10. The lowest BCUT2D eigenvalue weighted by atomic mass is 9.95. The molecule has 1 amide bonds. The summed E-state index contributed by atoms with van der Waals surface area (Å²) in [7, 11) is -4.10. The number of aromatic nitrogens is 1. The van der Waals surface area contributed by atoms with Crippen LogP contribution in [0.4, 0.5) is 4.39 Å². The molecule has 2 aliphatic rings. The third kappa shape index (κ3) is 1.79. The van der Waals surface area contributed by atoms with Crippen molar-refractivity contribution in [1.82, 2.24) is 9.88 Å². The highest BCUT2D eigenvalue weighted by molar-refractivity contribution is 7.94. The fourth-order valence-electron chi connectivity index (χ4n) is 3.01. The zero-order chi connectivity index (χ0) is 17.2. The number of aliphatic carboxylic acids is 1. The maximum absolute atomic E-state index is 14.6. The molecule has 3 rings (SSSR count). The average Bonchev–Trinajstić information content (AvgIpc) is 2.62. The van der Waals surface area contributed by atoms with Crippen LogP contribution >= 0.6 is 0 Å². The normalized spacial score (nSPS) is 29.7. The molecule has 9 heteroatoms. The number of β-lactam (4-membered cyclic amide) rings is 1. The number of carboxylic acid groups (broad SMARTS) is 1. The summed E-state index contributed by atoms with van der Waals surface area (Å²) in [6.45, 7) is 2.45. The third-order valence-electron chi connectivity index (χ3n) is 4.29. The van der Waals surface area contributed by atoms with E-state index in [1.165, 1.54) is 32.2 Å². The van der Waals surface area contributed by atoms with Crippen LogP contribution in [0.2, 0.25) is 0 Å². The van der Waals surface area contributed by atoms with Gasteiger partial charge < -0.3 is 10.0 Å². The van der Waals surface area contributed by atoms with Gasteiger partial charge in [0.15, 0.2) is 27.1 Å². The minimum absolute atomic E-state index is 0.165. The number of rotatable bonds is 2. The Bertz CT molecular complexity index is 847. The Balaban J connectivity index is 2.18. The maximum atomic E-state index is 14.6. The summed E-state index contributed by atoms with van der Waals surface area (Å²) in [4.78, 5) is 28.1. The Morgan fingerprint density at radius 2 is 2.04 bits per heavy atom. The number of hydrogen-bond acceptors (Lipinski definition) is 5. The van der Waals surface area contributed by atoms with E-state index in [2.05, 4.69) is 4.98 Å². The number of carbonyl (C=O) groups is 2. The van der Waals surface area contributed by atoms with E-state index >= 15 is 0 Å². The van der Waals surface area contributed by atoms with Crippen molar-refractivity contribution in [3.05, 3.63) is 35.7 Å². The standard InChI is InChI=1S/C14H13FN2O5S/c1-14(2)10(13(19)20)17-11(18)8(12(17)23(14,21)22)9(15)7-5-3-4-6-16-7/h3-6,10,12H,1-2H3,(H,19,20)/b9-8+/t10-,12+/m0/s1. The molecule has 1 aromatic heterocycles. The van der Waals surface area contributed by atoms with Crippen LogP contribution in [-0.4, -0.2) is 51.4 Å². The highest BCUT2D eigenvalue weighted by atomic mass is 32.2. The van der Waals surface area contributed by atoms with E-state index in [0.717, 1.165) is 4.90 Å². The van der Waals surface area contributed by atoms with Crippen LogP contribution in [0.3, 0.4) is 0 Å². The molecular weight excluding hydrogens is 327 g/mol. The molecule has 0 bridgehead atoms. The molecule has 0 unspecified atom stereocenters. The van der Waals surface area contributed by atoms with E-state index in [1.807, 2.05) is 0 Å². The molecule has 0 spiro atoms. The van der Waals surface area contributed by atoms with Crippen molar-refractivity contribution in [2.75, 3.05) is 0 Å². The van der Waals surface area contributed by atoms with E-state index < -0.39 is 49.3 Å². The summed E-state index contributed by atoms with van der Waals surface area (Å²) in [6, 6.07) is 2.80. The second kappa shape index (κ2) is 4.60.